The number of hydrogen-bond donors (Lipinski definition) is 0. The van der Waals surface area contributed by atoms with Crippen LogP contribution in [0.1, 0.15) is 88.5 Å². The largest absolute Gasteiger partial charge is 2.00 e. The third-order valence-corrected chi connectivity index (χ3v) is 6.70. The molecule has 0 bridgehead atoms. The maximum atomic E-state index is 2.47. The number of hydrogen-bond acceptors (Lipinski definition) is 0. The van der Waals surface area contributed by atoms with E-state index in [0.717, 1.165) is 0 Å². The molecule has 0 saturated carbocycles. The fourth-order valence-corrected chi connectivity index (χ4v) is 4.53. The van der Waals surface area contributed by atoms with Gasteiger partial charge >= 0.3 is 34.1 Å². The van der Waals surface area contributed by atoms with E-state index in [9.17, 15) is 0 Å². The Balaban J connectivity index is 0.000000793. The van der Waals surface area contributed by atoms with Crippen LogP contribution < -0.4 is 0 Å². The number of aryl methyl sites for hydroxylation is 2. The topological polar surface area (TPSA) is 0 Å². The second-order valence-electron chi connectivity index (χ2n) is 8.94. The third-order valence-electron chi connectivity index (χ3n) is 6.70. The Kier molecular flexibility index (Phi) is 18.7. The maximum absolute atomic E-state index is 2.47. The van der Waals surface area contributed by atoms with Crippen molar-refractivity contribution >= 4 is 0 Å². The van der Waals surface area contributed by atoms with Crippen molar-refractivity contribution in [1.82, 2.24) is 0 Å². The summed E-state index contributed by atoms with van der Waals surface area (Å²) in [6.45, 7) is 9.24. The molecule has 0 nitrogen and oxygen atoms in total. The fourth-order valence-electron chi connectivity index (χ4n) is 4.53. The van der Waals surface area contributed by atoms with Crippen LogP contribution in [0.4, 0.5) is 0 Å². The van der Waals surface area contributed by atoms with Crippen molar-refractivity contribution in [3.05, 3.63) is 119 Å². The first-order chi connectivity index (χ1) is 16.2. The average molecular weight is 552 g/mol. The van der Waals surface area contributed by atoms with E-state index in [-0.39, 0.29) is 39.6 Å². The van der Waals surface area contributed by atoms with Crippen molar-refractivity contribution in [2.45, 2.75) is 84.5 Å². The minimum Gasteiger partial charge on any atom is -0.214 e. The van der Waals surface area contributed by atoms with Crippen molar-refractivity contribution in [2.24, 2.45) is 0 Å². The predicted octanol–water partition coefficient (Wildman–Crippen LogP) is 9.72. The van der Waals surface area contributed by atoms with Crippen LogP contribution in [0.5, 0.6) is 0 Å². The molecule has 2 heteroatoms. The Hall–Kier alpha value is -1.56. The zero-order valence-corrected chi connectivity index (χ0v) is 24.3. The second-order valence-corrected chi connectivity index (χ2v) is 8.94. The first-order valence-electron chi connectivity index (χ1n) is 13.1. The van der Waals surface area contributed by atoms with Gasteiger partial charge in [-0.3, -0.25) is 0 Å². The molecule has 0 aromatic heterocycles. The summed E-state index contributed by atoms with van der Waals surface area (Å²) in [5.41, 5.74) is 6.30. The molecule has 0 N–H and O–H groups in total. The van der Waals surface area contributed by atoms with E-state index < -0.39 is 0 Å². The first-order valence-corrected chi connectivity index (χ1v) is 13.1. The molecule has 0 aliphatic heterocycles. The van der Waals surface area contributed by atoms with Crippen molar-refractivity contribution in [3.63, 3.8) is 0 Å². The fraction of sp³-hybridized carbons (Fsp3) is 0.394. The van der Waals surface area contributed by atoms with Gasteiger partial charge in [-0.05, 0) is 0 Å². The summed E-state index contributed by atoms with van der Waals surface area (Å²) in [6, 6.07) is 34.4. The Labute approximate surface area is 237 Å². The smallest absolute Gasteiger partial charge is 0.214 e. The molecule has 0 aliphatic carbocycles. The van der Waals surface area contributed by atoms with Gasteiger partial charge in [-0.15, -0.1) is 0 Å². The van der Waals surface area contributed by atoms with Gasteiger partial charge in [0.15, 0.2) is 0 Å². The van der Waals surface area contributed by atoms with Gasteiger partial charge in [-0.1, -0.05) is 84.5 Å². The van der Waals surface area contributed by atoms with Crippen LogP contribution in [-0.4, -0.2) is 0 Å². The first kappa shape index (κ1) is 33.4. The molecule has 0 saturated heterocycles. The summed E-state index contributed by atoms with van der Waals surface area (Å²) in [6.07, 6.45) is 9.95. The molecule has 0 fully saturated rings. The van der Waals surface area contributed by atoms with E-state index in [2.05, 4.69) is 64.1 Å². The quantitative estimate of drug-likeness (QED) is 0.136. The average Bonchev–Trinajstić information content (AvgIpc) is 3.68. The number of rotatable bonds is 10. The Morgan fingerprint density at radius 2 is 1.31 bits per heavy atom. The van der Waals surface area contributed by atoms with Gasteiger partial charge in [-0.25, -0.2) is 36.4 Å². The van der Waals surface area contributed by atoms with Gasteiger partial charge in [0, 0.05) is 0 Å². The SMILES string of the molecule is CCCCc1cc[c-](C(CC)(CC)c2c[cH-]c(CCCC)c2)c1.[Fe+2].[Fe+2].c1cc[cH-]c1.c1cc[cH-]c1. The Morgan fingerprint density at radius 1 is 0.771 bits per heavy atom. The number of unbranched alkanes of at least 4 members (excludes halogenated alkanes) is 2. The van der Waals surface area contributed by atoms with Crippen LogP contribution >= 0.6 is 0 Å². The third kappa shape index (κ3) is 10.9. The van der Waals surface area contributed by atoms with E-state index in [1.165, 1.54) is 73.6 Å². The van der Waals surface area contributed by atoms with Crippen molar-refractivity contribution in [2.75, 3.05) is 0 Å². The van der Waals surface area contributed by atoms with Crippen LogP contribution in [0.3, 0.4) is 0 Å². The van der Waals surface area contributed by atoms with Crippen LogP contribution in [0.25, 0.3) is 0 Å². The zero-order chi connectivity index (χ0) is 23.8. The van der Waals surface area contributed by atoms with Crippen molar-refractivity contribution in [3.8, 4) is 0 Å². The molecule has 35 heavy (non-hydrogen) atoms. The normalized spacial score (nSPS) is 10.2. The van der Waals surface area contributed by atoms with Gasteiger partial charge in [-0.2, -0.15) is 82.9 Å². The minimum absolute atomic E-state index is 0. The molecule has 0 amide bonds. The van der Waals surface area contributed by atoms with E-state index >= 15 is 0 Å². The van der Waals surface area contributed by atoms with Crippen LogP contribution in [0.15, 0.2) is 97.1 Å². The molecule has 192 valence electrons. The van der Waals surface area contributed by atoms with Gasteiger partial charge in [0.2, 0.25) is 0 Å². The van der Waals surface area contributed by atoms with Crippen molar-refractivity contribution < 1.29 is 34.1 Å². The van der Waals surface area contributed by atoms with Gasteiger partial charge in [0.05, 0.1) is 0 Å². The molecule has 0 heterocycles. The summed E-state index contributed by atoms with van der Waals surface area (Å²) in [4.78, 5) is 0. The van der Waals surface area contributed by atoms with Gasteiger partial charge < -0.3 is 0 Å². The predicted molar refractivity (Wildman–Crippen MR) is 147 cm³/mol. The zero-order valence-electron chi connectivity index (χ0n) is 22.1. The molecule has 0 unspecified atom stereocenters. The summed E-state index contributed by atoms with van der Waals surface area (Å²) in [7, 11) is 0. The monoisotopic (exact) mass is 552 g/mol. The summed E-state index contributed by atoms with van der Waals surface area (Å²) in [5, 5.41) is 0. The van der Waals surface area contributed by atoms with E-state index in [4.69, 9.17) is 0 Å². The molecular formula is C33H44Fe2. The van der Waals surface area contributed by atoms with E-state index in [0.29, 0.717) is 0 Å². The van der Waals surface area contributed by atoms with E-state index in [1.807, 2.05) is 60.7 Å². The summed E-state index contributed by atoms with van der Waals surface area (Å²) < 4.78 is 0. The van der Waals surface area contributed by atoms with Crippen LogP contribution in [0.2, 0.25) is 0 Å². The van der Waals surface area contributed by atoms with Crippen molar-refractivity contribution in [1.29, 1.82) is 0 Å². The molecule has 0 aliphatic rings. The van der Waals surface area contributed by atoms with Crippen LogP contribution in [-0.2, 0) is 52.4 Å². The van der Waals surface area contributed by atoms with Gasteiger partial charge in [0.1, 0.15) is 0 Å². The molecular weight excluding hydrogens is 508 g/mol. The maximum Gasteiger partial charge on any atom is 2.00 e. The molecule has 0 atom stereocenters. The second kappa shape index (κ2) is 19.6. The molecule has 4 aromatic rings. The Morgan fingerprint density at radius 3 is 1.77 bits per heavy atom. The summed E-state index contributed by atoms with van der Waals surface area (Å²) in [5.74, 6) is 0. The van der Waals surface area contributed by atoms with Gasteiger partial charge in [0.25, 0.3) is 0 Å². The molecule has 0 spiro atoms. The van der Waals surface area contributed by atoms with Crippen LogP contribution in [0, 0.1) is 0 Å². The molecule has 4 rings (SSSR count). The minimum atomic E-state index is 0. The Bertz CT molecular complexity index is 809. The standard InChI is InChI=1S/C23H34.2C5H5.2Fe/c1-5-9-11-19-13-15-21(17-19)23(7-3,8-4)22-16-14-20(18-22)12-10-6-2;2*1-2-4-5-3-1;;/h13-18H,5-12H2,1-4H3;2*1-5H;;/q-2;2*-1;2*+2. The summed E-state index contributed by atoms with van der Waals surface area (Å²) >= 11 is 0. The molecule has 0 radical (unpaired) electrons. The van der Waals surface area contributed by atoms with E-state index in [1.54, 1.807) is 0 Å². The molecule has 4 aromatic carbocycles.